The van der Waals surface area contributed by atoms with E-state index in [0.717, 1.165) is 12.1 Å². The molecule has 0 saturated carbocycles. The van der Waals surface area contributed by atoms with E-state index >= 15 is 0 Å². The third-order valence-corrected chi connectivity index (χ3v) is 3.18. The minimum atomic E-state index is -0.0659. The second-order valence-corrected chi connectivity index (χ2v) is 4.32. The summed E-state index contributed by atoms with van der Waals surface area (Å²) in [5, 5.41) is 3.25. The minimum absolute atomic E-state index is 0.0659. The van der Waals surface area contributed by atoms with Gasteiger partial charge in [-0.25, -0.2) is 0 Å². The lowest BCUT2D eigenvalue weighted by molar-refractivity contribution is -0.121. The number of ether oxygens (including phenoxy) is 2. The molecule has 1 aliphatic rings. The van der Waals surface area contributed by atoms with Gasteiger partial charge in [-0.2, -0.15) is 0 Å². The average molecular weight is 249 g/mol. The summed E-state index contributed by atoms with van der Waals surface area (Å²) >= 11 is 0. The molecular weight excluding hydrogens is 230 g/mol. The molecule has 1 heterocycles. The molecule has 2 rings (SSSR count). The summed E-state index contributed by atoms with van der Waals surface area (Å²) in [6.45, 7) is 4.00. The molecule has 1 atom stereocenters. The number of piperidine rings is 1. The molecule has 18 heavy (non-hydrogen) atoms. The van der Waals surface area contributed by atoms with Gasteiger partial charge in [-0.3, -0.25) is 4.79 Å². The molecule has 0 spiro atoms. The molecule has 4 nitrogen and oxygen atoms in total. The standard InChI is InChI=1S/C14H19NO3/c1-3-18-14-8-10(4-5-13(14)17-2)11-9-15-7-6-12(11)16/h4-5,8,11,15H,3,6-7,9H2,1-2H3. The molecular formula is C14H19NO3. The Morgan fingerprint density at radius 3 is 2.89 bits per heavy atom. The molecule has 98 valence electrons. The van der Waals surface area contributed by atoms with Gasteiger partial charge in [0, 0.05) is 19.5 Å². The van der Waals surface area contributed by atoms with Crippen molar-refractivity contribution in [2.75, 3.05) is 26.8 Å². The fraction of sp³-hybridized carbons (Fsp3) is 0.500. The second kappa shape index (κ2) is 5.87. The van der Waals surface area contributed by atoms with Gasteiger partial charge in [-0.15, -0.1) is 0 Å². The first-order chi connectivity index (χ1) is 8.76. The smallest absolute Gasteiger partial charge is 0.161 e. The third kappa shape index (κ3) is 2.64. The molecule has 1 aromatic carbocycles. The zero-order valence-corrected chi connectivity index (χ0v) is 10.9. The van der Waals surface area contributed by atoms with Gasteiger partial charge in [-0.1, -0.05) is 6.07 Å². The molecule has 0 aromatic heterocycles. The van der Waals surface area contributed by atoms with Crippen LogP contribution in [0, 0.1) is 0 Å². The van der Waals surface area contributed by atoms with Crippen molar-refractivity contribution in [1.29, 1.82) is 0 Å². The normalized spacial score (nSPS) is 19.7. The number of carbonyl (C=O) groups excluding carboxylic acids is 1. The Balaban J connectivity index is 2.27. The van der Waals surface area contributed by atoms with Crippen molar-refractivity contribution in [3.05, 3.63) is 23.8 Å². The number of hydrogen-bond acceptors (Lipinski definition) is 4. The van der Waals surface area contributed by atoms with E-state index in [4.69, 9.17) is 9.47 Å². The first-order valence-electron chi connectivity index (χ1n) is 6.30. The summed E-state index contributed by atoms with van der Waals surface area (Å²) in [5.74, 6) is 1.64. The summed E-state index contributed by atoms with van der Waals surface area (Å²) in [4.78, 5) is 11.9. The molecule has 0 bridgehead atoms. The Hall–Kier alpha value is -1.55. The number of benzene rings is 1. The number of rotatable bonds is 4. The summed E-state index contributed by atoms with van der Waals surface area (Å²) in [6.07, 6.45) is 0.598. The number of carbonyl (C=O) groups is 1. The lowest BCUT2D eigenvalue weighted by Crippen LogP contribution is -2.35. The first kappa shape index (κ1) is 12.9. The van der Waals surface area contributed by atoms with E-state index in [9.17, 15) is 4.79 Å². The molecule has 1 N–H and O–H groups in total. The van der Waals surface area contributed by atoms with E-state index in [1.165, 1.54) is 0 Å². The lowest BCUT2D eigenvalue weighted by Gasteiger charge is -2.22. The van der Waals surface area contributed by atoms with Crippen LogP contribution < -0.4 is 14.8 Å². The number of nitrogens with one attached hydrogen (secondary N) is 1. The van der Waals surface area contributed by atoms with Gasteiger partial charge in [0.2, 0.25) is 0 Å². The minimum Gasteiger partial charge on any atom is -0.493 e. The van der Waals surface area contributed by atoms with Crippen molar-refractivity contribution in [3.63, 3.8) is 0 Å². The quantitative estimate of drug-likeness (QED) is 0.883. The molecule has 1 aliphatic heterocycles. The van der Waals surface area contributed by atoms with Crippen molar-refractivity contribution < 1.29 is 14.3 Å². The summed E-state index contributed by atoms with van der Waals surface area (Å²) in [5.41, 5.74) is 0.997. The van der Waals surface area contributed by atoms with Gasteiger partial charge in [0.05, 0.1) is 19.6 Å². The van der Waals surface area contributed by atoms with Crippen LogP contribution in [0.1, 0.15) is 24.8 Å². The van der Waals surface area contributed by atoms with Crippen molar-refractivity contribution >= 4 is 5.78 Å². The number of ketones is 1. The van der Waals surface area contributed by atoms with Gasteiger partial charge < -0.3 is 14.8 Å². The van der Waals surface area contributed by atoms with Crippen molar-refractivity contribution in [1.82, 2.24) is 5.32 Å². The lowest BCUT2D eigenvalue weighted by atomic mass is 9.90. The van der Waals surface area contributed by atoms with Gasteiger partial charge in [0.25, 0.3) is 0 Å². The van der Waals surface area contributed by atoms with Crippen LogP contribution in [-0.4, -0.2) is 32.6 Å². The van der Waals surface area contributed by atoms with Crippen LogP contribution in [0.2, 0.25) is 0 Å². The van der Waals surface area contributed by atoms with Crippen LogP contribution in [0.25, 0.3) is 0 Å². The molecule has 4 heteroatoms. The maximum atomic E-state index is 11.9. The Bertz CT molecular complexity index is 431. The van der Waals surface area contributed by atoms with Crippen LogP contribution in [0.5, 0.6) is 11.5 Å². The summed E-state index contributed by atoms with van der Waals surface area (Å²) < 4.78 is 10.8. The van der Waals surface area contributed by atoms with Crippen molar-refractivity contribution in [2.24, 2.45) is 0 Å². The zero-order valence-electron chi connectivity index (χ0n) is 10.9. The Morgan fingerprint density at radius 1 is 1.39 bits per heavy atom. The largest absolute Gasteiger partial charge is 0.493 e. The SMILES string of the molecule is CCOc1cc(C2CNCCC2=O)ccc1OC. The van der Waals surface area contributed by atoms with Gasteiger partial charge in [0.15, 0.2) is 11.5 Å². The molecule has 0 amide bonds. The van der Waals surface area contributed by atoms with E-state index in [1.54, 1.807) is 7.11 Å². The van der Waals surface area contributed by atoms with Crippen LogP contribution >= 0.6 is 0 Å². The highest BCUT2D eigenvalue weighted by Crippen LogP contribution is 2.32. The van der Waals surface area contributed by atoms with E-state index in [-0.39, 0.29) is 5.92 Å². The van der Waals surface area contributed by atoms with Crippen LogP contribution in [0.15, 0.2) is 18.2 Å². The van der Waals surface area contributed by atoms with Gasteiger partial charge in [0.1, 0.15) is 5.78 Å². The van der Waals surface area contributed by atoms with E-state index in [2.05, 4.69) is 5.32 Å². The number of Topliss-reactive ketones (excluding diaryl/α,β-unsaturated/α-hetero) is 1. The number of hydrogen-bond donors (Lipinski definition) is 1. The fourth-order valence-electron chi connectivity index (χ4n) is 2.23. The fourth-order valence-corrected chi connectivity index (χ4v) is 2.23. The predicted molar refractivity (Wildman–Crippen MR) is 69.4 cm³/mol. The molecule has 1 aromatic rings. The zero-order chi connectivity index (χ0) is 13.0. The predicted octanol–water partition coefficient (Wildman–Crippen LogP) is 1.74. The maximum absolute atomic E-state index is 11.9. The molecule has 1 saturated heterocycles. The molecule has 1 unspecified atom stereocenters. The van der Waals surface area contributed by atoms with E-state index < -0.39 is 0 Å². The van der Waals surface area contributed by atoms with Crippen LogP contribution in [-0.2, 0) is 4.79 Å². The second-order valence-electron chi connectivity index (χ2n) is 4.32. The van der Waals surface area contributed by atoms with Crippen molar-refractivity contribution in [3.8, 4) is 11.5 Å². The average Bonchev–Trinajstić information content (AvgIpc) is 2.40. The molecule has 1 fully saturated rings. The Morgan fingerprint density at radius 2 is 2.22 bits per heavy atom. The summed E-state index contributed by atoms with van der Waals surface area (Å²) in [7, 11) is 1.62. The topological polar surface area (TPSA) is 47.6 Å². The maximum Gasteiger partial charge on any atom is 0.161 e. The van der Waals surface area contributed by atoms with Gasteiger partial charge in [-0.05, 0) is 24.6 Å². The molecule has 0 radical (unpaired) electrons. The highest BCUT2D eigenvalue weighted by atomic mass is 16.5. The van der Waals surface area contributed by atoms with Crippen LogP contribution in [0.3, 0.4) is 0 Å². The van der Waals surface area contributed by atoms with Gasteiger partial charge >= 0.3 is 0 Å². The van der Waals surface area contributed by atoms with Crippen molar-refractivity contribution in [2.45, 2.75) is 19.3 Å². The van der Waals surface area contributed by atoms with Crippen LogP contribution in [0.4, 0.5) is 0 Å². The highest BCUT2D eigenvalue weighted by molar-refractivity contribution is 5.87. The Labute approximate surface area is 107 Å². The first-order valence-corrected chi connectivity index (χ1v) is 6.30. The molecule has 0 aliphatic carbocycles. The third-order valence-electron chi connectivity index (χ3n) is 3.18. The Kier molecular flexibility index (Phi) is 4.20. The highest BCUT2D eigenvalue weighted by Gasteiger charge is 2.24. The summed E-state index contributed by atoms with van der Waals surface area (Å²) in [6, 6.07) is 5.72. The van der Waals surface area contributed by atoms with E-state index in [1.807, 2.05) is 25.1 Å². The monoisotopic (exact) mass is 249 g/mol. The number of methoxy groups -OCH3 is 1. The van der Waals surface area contributed by atoms with E-state index in [0.29, 0.717) is 36.9 Å².